The largest absolute Gasteiger partial charge is 0.476 e. The Balaban J connectivity index is 2.86. The van der Waals surface area contributed by atoms with Crippen molar-refractivity contribution in [3.8, 4) is 0 Å². The third-order valence-corrected chi connectivity index (χ3v) is 1.63. The number of rotatable bonds is 3. The van der Waals surface area contributed by atoms with Crippen molar-refractivity contribution in [3.05, 3.63) is 29.8 Å². The van der Waals surface area contributed by atoms with E-state index in [0.29, 0.717) is 0 Å². The van der Waals surface area contributed by atoms with Crippen LogP contribution in [0.3, 0.4) is 0 Å². The number of aliphatic carboxylic acids is 1. The smallest absolute Gasteiger partial charge is 0.368 e. The third-order valence-electron chi connectivity index (χ3n) is 1.38. The van der Waals surface area contributed by atoms with E-state index in [1.807, 2.05) is 5.43 Å². The Hall–Kier alpha value is -1.69. The van der Waals surface area contributed by atoms with Gasteiger partial charge in [0.15, 0.2) is 0 Å². The standard InChI is InChI=1S/C8H5ClF2N2O2/c9-7(8(14)15)13-12-6-3-4(10)1-2-5(6)11/h1-3,12H,(H,14,15). The van der Waals surface area contributed by atoms with E-state index >= 15 is 0 Å². The first-order valence-electron chi connectivity index (χ1n) is 3.68. The summed E-state index contributed by atoms with van der Waals surface area (Å²) in [5, 5.41) is 10.7. The van der Waals surface area contributed by atoms with Crippen molar-refractivity contribution in [2.45, 2.75) is 0 Å². The van der Waals surface area contributed by atoms with Gasteiger partial charge in [0.05, 0.1) is 5.69 Å². The number of carboxylic acid groups (broad SMARTS) is 1. The second-order valence-corrected chi connectivity index (χ2v) is 2.80. The van der Waals surface area contributed by atoms with E-state index in [0.717, 1.165) is 18.2 Å². The summed E-state index contributed by atoms with van der Waals surface area (Å²) in [6, 6.07) is 2.62. The number of hydrazone groups is 1. The quantitative estimate of drug-likeness (QED) is 0.621. The lowest BCUT2D eigenvalue weighted by Gasteiger charge is -2.01. The van der Waals surface area contributed by atoms with Crippen molar-refractivity contribution >= 4 is 28.4 Å². The molecule has 1 aromatic carbocycles. The number of benzene rings is 1. The summed E-state index contributed by atoms with van der Waals surface area (Å²) in [4.78, 5) is 10.2. The fourth-order valence-corrected chi connectivity index (χ4v) is 0.783. The maximum atomic E-state index is 12.9. The zero-order chi connectivity index (χ0) is 11.4. The molecule has 1 aromatic rings. The Morgan fingerprint density at radius 3 is 2.73 bits per heavy atom. The van der Waals surface area contributed by atoms with Crippen molar-refractivity contribution in [3.63, 3.8) is 0 Å². The Kier molecular flexibility index (Phi) is 3.56. The van der Waals surface area contributed by atoms with Crippen LogP contribution in [0, 0.1) is 11.6 Å². The molecule has 2 N–H and O–H groups in total. The third kappa shape index (κ3) is 3.17. The maximum absolute atomic E-state index is 12.9. The Morgan fingerprint density at radius 2 is 2.13 bits per heavy atom. The molecule has 0 aliphatic carbocycles. The van der Waals surface area contributed by atoms with Crippen molar-refractivity contribution < 1.29 is 18.7 Å². The Bertz CT molecular complexity index is 423. The first-order valence-corrected chi connectivity index (χ1v) is 4.06. The Morgan fingerprint density at radius 1 is 1.47 bits per heavy atom. The highest BCUT2D eigenvalue weighted by atomic mass is 35.5. The average Bonchev–Trinajstić information content (AvgIpc) is 2.18. The average molecular weight is 235 g/mol. The second-order valence-electron chi connectivity index (χ2n) is 2.44. The molecule has 0 spiro atoms. The molecular formula is C8H5ClF2N2O2. The zero-order valence-electron chi connectivity index (χ0n) is 7.17. The van der Waals surface area contributed by atoms with Crippen LogP contribution >= 0.6 is 11.6 Å². The predicted molar refractivity (Wildman–Crippen MR) is 50.9 cm³/mol. The SMILES string of the molecule is O=C(O)C(Cl)=NNc1cc(F)ccc1F. The molecule has 1 rings (SSSR count). The molecule has 0 amide bonds. The van der Waals surface area contributed by atoms with Crippen LogP contribution in [-0.4, -0.2) is 16.2 Å². The lowest BCUT2D eigenvalue weighted by molar-refractivity contribution is -0.129. The number of carbonyl (C=O) groups is 1. The van der Waals surface area contributed by atoms with Crippen molar-refractivity contribution in [1.82, 2.24) is 0 Å². The van der Waals surface area contributed by atoms with Gasteiger partial charge >= 0.3 is 5.97 Å². The van der Waals surface area contributed by atoms with Crippen molar-refractivity contribution in [1.29, 1.82) is 0 Å². The van der Waals surface area contributed by atoms with Crippen LogP contribution < -0.4 is 5.43 Å². The minimum Gasteiger partial charge on any atom is -0.476 e. The van der Waals surface area contributed by atoms with E-state index in [4.69, 9.17) is 16.7 Å². The van der Waals surface area contributed by atoms with Crippen LogP contribution in [-0.2, 0) is 4.79 Å². The minimum absolute atomic E-state index is 0.297. The van der Waals surface area contributed by atoms with Gasteiger partial charge in [-0.1, -0.05) is 11.6 Å². The topological polar surface area (TPSA) is 61.7 Å². The van der Waals surface area contributed by atoms with E-state index in [-0.39, 0.29) is 5.69 Å². The molecular weight excluding hydrogens is 230 g/mol. The molecule has 0 saturated carbocycles. The Labute approximate surface area is 88.2 Å². The van der Waals surface area contributed by atoms with Gasteiger partial charge in [-0.15, -0.1) is 0 Å². The van der Waals surface area contributed by atoms with Gasteiger partial charge in [-0.3, -0.25) is 5.43 Å². The van der Waals surface area contributed by atoms with Gasteiger partial charge in [-0.05, 0) is 12.1 Å². The minimum atomic E-state index is -1.47. The molecule has 0 radical (unpaired) electrons. The van der Waals surface area contributed by atoms with Gasteiger partial charge in [0.2, 0.25) is 5.17 Å². The lowest BCUT2D eigenvalue weighted by Crippen LogP contribution is -2.08. The number of halogens is 3. The van der Waals surface area contributed by atoms with Crippen molar-refractivity contribution in [2.24, 2.45) is 5.10 Å². The number of nitrogens with one attached hydrogen (secondary N) is 1. The number of hydrogen-bond acceptors (Lipinski definition) is 3. The monoisotopic (exact) mass is 234 g/mol. The van der Waals surface area contributed by atoms with E-state index < -0.39 is 22.8 Å². The molecule has 0 aliphatic rings. The summed E-state index contributed by atoms with van der Waals surface area (Å²) in [7, 11) is 0. The van der Waals surface area contributed by atoms with Gasteiger partial charge in [0.25, 0.3) is 0 Å². The highest BCUT2D eigenvalue weighted by molar-refractivity contribution is 6.81. The summed E-state index contributed by atoms with van der Waals surface area (Å²) in [5.74, 6) is -2.92. The zero-order valence-corrected chi connectivity index (χ0v) is 7.92. The summed E-state index contributed by atoms with van der Waals surface area (Å²) in [6.07, 6.45) is 0. The van der Waals surface area contributed by atoms with Crippen LogP contribution in [0.15, 0.2) is 23.3 Å². The molecule has 7 heteroatoms. The van der Waals surface area contributed by atoms with Gasteiger partial charge in [0, 0.05) is 6.07 Å². The van der Waals surface area contributed by atoms with E-state index in [1.165, 1.54) is 0 Å². The van der Waals surface area contributed by atoms with Gasteiger partial charge in [0.1, 0.15) is 11.6 Å². The van der Waals surface area contributed by atoms with Gasteiger partial charge in [-0.2, -0.15) is 5.10 Å². The fourth-order valence-electron chi connectivity index (χ4n) is 0.740. The molecule has 4 nitrogen and oxygen atoms in total. The highest BCUT2D eigenvalue weighted by Gasteiger charge is 2.06. The van der Waals surface area contributed by atoms with Crippen molar-refractivity contribution in [2.75, 3.05) is 5.43 Å². The first kappa shape index (κ1) is 11.4. The summed E-state index contributed by atoms with van der Waals surface area (Å²) in [6.45, 7) is 0. The maximum Gasteiger partial charge on any atom is 0.368 e. The van der Waals surface area contributed by atoms with Crippen LogP contribution in [0.1, 0.15) is 0 Å². The van der Waals surface area contributed by atoms with Gasteiger partial charge in [-0.25, -0.2) is 13.6 Å². The van der Waals surface area contributed by atoms with Crippen LogP contribution in [0.25, 0.3) is 0 Å². The van der Waals surface area contributed by atoms with E-state index in [9.17, 15) is 13.6 Å². The fraction of sp³-hybridized carbons (Fsp3) is 0. The molecule has 15 heavy (non-hydrogen) atoms. The summed E-state index contributed by atoms with van der Waals surface area (Å²) < 4.78 is 25.6. The predicted octanol–water partition coefficient (Wildman–Crippen LogP) is 2.01. The molecule has 0 atom stereocenters. The molecule has 0 unspecified atom stereocenters. The highest BCUT2D eigenvalue weighted by Crippen LogP contribution is 2.15. The number of anilines is 1. The van der Waals surface area contributed by atoms with E-state index in [1.54, 1.807) is 0 Å². The summed E-state index contributed by atoms with van der Waals surface area (Å²) >= 11 is 5.13. The lowest BCUT2D eigenvalue weighted by atomic mass is 10.3. The van der Waals surface area contributed by atoms with E-state index in [2.05, 4.69) is 5.10 Å². The first-order chi connectivity index (χ1) is 7.00. The number of carboxylic acids is 1. The molecule has 0 heterocycles. The molecule has 0 aromatic heterocycles. The van der Waals surface area contributed by atoms with Crippen LogP contribution in [0.2, 0.25) is 0 Å². The summed E-state index contributed by atoms with van der Waals surface area (Å²) in [5.41, 5.74) is 1.70. The van der Waals surface area contributed by atoms with Gasteiger partial charge < -0.3 is 5.11 Å². The van der Waals surface area contributed by atoms with Crippen LogP contribution in [0.4, 0.5) is 14.5 Å². The second kappa shape index (κ2) is 4.70. The number of hydrogen-bond donors (Lipinski definition) is 2. The molecule has 80 valence electrons. The molecule has 0 bridgehead atoms. The molecule has 0 aliphatic heterocycles. The normalized spacial score (nSPS) is 11.3. The molecule has 0 fully saturated rings. The van der Waals surface area contributed by atoms with Crippen LogP contribution in [0.5, 0.6) is 0 Å². The molecule has 0 saturated heterocycles. The number of nitrogens with zero attached hydrogens (tertiary/aromatic N) is 1.